The zero-order valence-corrected chi connectivity index (χ0v) is 8.10. The molecule has 2 N–H and O–H groups in total. The van der Waals surface area contributed by atoms with Crippen molar-refractivity contribution in [3.8, 4) is 0 Å². The second-order valence-electron chi connectivity index (χ2n) is 3.19. The lowest BCUT2D eigenvalue weighted by Crippen LogP contribution is -2.09. The van der Waals surface area contributed by atoms with Crippen molar-refractivity contribution in [2.24, 2.45) is 0 Å². The summed E-state index contributed by atoms with van der Waals surface area (Å²) in [6.45, 7) is 0.655. The Morgan fingerprint density at radius 1 is 1.40 bits per heavy atom. The van der Waals surface area contributed by atoms with Gasteiger partial charge < -0.3 is 10.3 Å². The van der Waals surface area contributed by atoms with Gasteiger partial charge in [-0.3, -0.25) is 4.40 Å². The highest BCUT2D eigenvalue weighted by Crippen LogP contribution is 2.12. The molecule has 3 rings (SSSR count). The van der Waals surface area contributed by atoms with E-state index in [0.717, 1.165) is 17.0 Å². The normalized spacial score (nSPS) is 11.5. The largest absolute Gasteiger partial charge is 0.340 e. The fourth-order valence-corrected chi connectivity index (χ4v) is 1.56. The van der Waals surface area contributed by atoms with E-state index in [2.05, 4.69) is 30.5 Å². The van der Waals surface area contributed by atoms with Crippen molar-refractivity contribution in [1.29, 1.82) is 0 Å². The molecule has 0 saturated heterocycles. The molecule has 0 fully saturated rings. The Morgan fingerprint density at radius 3 is 3.20 bits per heavy atom. The summed E-state index contributed by atoms with van der Waals surface area (Å²) in [5, 5.41) is 11.2. The van der Waals surface area contributed by atoms with Crippen LogP contribution in [0, 0.1) is 0 Å². The maximum absolute atomic E-state index is 4.20. The van der Waals surface area contributed by atoms with Crippen molar-refractivity contribution in [2.75, 3.05) is 7.05 Å². The highest BCUT2D eigenvalue weighted by atomic mass is 15.3. The average molecular weight is 203 g/mol. The summed E-state index contributed by atoms with van der Waals surface area (Å²) in [6.07, 6.45) is 3.29. The summed E-state index contributed by atoms with van der Waals surface area (Å²) in [7, 11) is 1.86. The molecule has 7 heteroatoms. The molecule has 0 radical (unpaired) electrons. The van der Waals surface area contributed by atoms with Crippen molar-refractivity contribution in [2.45, 2.75) is 6.54 Å². The third-order valence-corrected chi connectivity index (χ3v) is 2.24. The number of hydrogen-bond acceptors (Lipinski definition) is 5. The molecule has 0 aliphatic carbocycles. The SMILES string of the molecule is CNCc1nnc2c3[nH]cnc3ncn12. The van der Waals surface area contributed by atoms with Gasteiger partial charge in [0, 0.05) is 0 Å². The first kappa shape index (κ1) is 8.30. The van der Waals surface area contributed by atoms with Gasteiger partial charge in [0.1, 0.15) is 11.8 Å². The molecule has 76 valence electrons. The van der Waals surface area contributed by atoms with Gasteiger partial charge in [-0.1, -0.05) is 0 Å². The van der Waals surface area contributed by atoms with Crippen molar-refractivity contribution >= 4 is 16.8 Å². The smallest absolute Gasteiger partial charge is 0.189 e. The third kappa shape index (κ3) is 1.10. The summed E-state index contributed by atoms with van der Waals surface area (Å²) in [4.78, 5) is 11.3. The van der Waals surface area contributed by atoms with Crippen molar-refractivity contribution in [3.05, 3.63) is 18.5 Å². The molecule has 0 amide bonds. The van der Waals surface area contributed by atoms with Crippen LogP contribution in [0.3, 0.4) is 0 Å². The maximum Gasteiger partial charge on any atom is 0.189 e. The first-order valence-electron chi connectivity index (χ1n) is 4.56. The van der Waals surface area contributed by atoms with Gasteiger partial charge in [0.2, 0.25) is 0 Å². The summed E-state index contributed by atoms with van der Waals surface area (Å²) in [5.41, 5.74) is 2.22. The van der Waals surface area contributed by atoms with E-state index >= 15 is 0 Å². The van der Waals surface area contributed by atoms with Crippen LogP contribution >= 0.6 is 0 Å². The molecular weight excluding hydrogens is 194 g/mol. The Labute approximate surface area is 84.6 Å². The van der Waals surface area contributed by atoms with E-state index in [1.54, 1.807) is 12.7 Å². The number of aromatic nitrogens is 6. The lowest BCUT2D eigenvalue weighted by Gasteiger charge is -1.97. The molecule has 0 aliphatic rings. The number of aromatic amines is 1. The van der Waals surface area contributed by atoms with Crippen LogP contribution in [0.2, 0.25) is 0 Å². The Morgan fingerprint density at radius 2 is 2.33 bits per heavy atom. The van der Waals surface area contributed by atoms with E-state index in [4.69, 9.17) is 0 Å². The molecule has 0 spiro atoms. The number of nitrogens with zero attached hydrogens (tertiary/aromatic N) is 5. The van der Waals surface area contributed by atoms with Gasteiger partial charge in [0.05, 0.1) is 12.9 Å². The number of imidazole rings is 1. The van der Waals surface area contributed by atoms with Crippen LogP contribution in [0.5, 0.6) is 0 Å². The van der Waals surface area contributed by atoms with Gasteiger partial charge in [-0.15, -0.1) is 10.2 Å². The van der Waals surface area contributed by atoms with Gasteiger partial charge >= 0.3 is 0 Å². The zero-order chi connectivity index (χ0) is 10.3. The number of rotatable bonds is 2. The predicted octanol–water partition coefficient (Wildman–Crippen LogP) is -0.280. The Bertz CT molecular complexity index is 608. The molecule has 0 atom stereocenters. The van der Waals surface area contributed by atoms with Gasteiger partial charge in [0.15, 0.2) is 17.1 Å². The minimum Gasteiger partial charge on any atom is -0.340 e. The number of H-pyrrole nitrogens is 1. The lowest BCUT2D eigenvalue weighted by atomic mass is 10.5. The summed E-state index contributed by atoms with van der Waals surface area (Å²) >= 11 is 0. The van der Waals surface area contributed by atoms with E-state index in [1.165, 1.54) is 0 Å². The van der Waals surface area contributed by atoms with Gasteiger partial charge in [-0.05, 0) is 7.05 Å². The average Bonchev–Trinajstić information content (AvgIpc) is 2.83. The summed E-state index contributed by atoms with van der Waals surface area (Å²) in [5.74, 6) is 0.830. The maximum atomic E-state index is 4.20. The number of fused-ring (bicyclic) bond motifs is 3. The predicted molar refractivity (Wildman–Crippen MR) is 53.2 cm³/mol. The lowest BCUT2D eigenvalue weighted by molar-refractivity contribution is 0.744. The highest BCUT2D eigenvalue weighted by Gasteiger charge is 2.09. The van der Waals surface area contributed by atoms with E-state index < -0.39 is 0 Å². The van der Waals surface area contributed by atoms with Crippen LogP contribution in [0.25, 0.3) is 16.8 Å². The Balaban J connectivity index is 2.35. The molecule has 3 aromatic heterocycles. The minimum absolute atomic E-state index is 0.655. The molecule has 15 heavy (non-hydrogen) atoms. The number of nitrogens with one attached hydrogen (secondary N) is 2. The standard InChI is InChI=1S/C8H9N7/c1-9-2-5-13-14-8-6-7(11-3-10-6)12-4-15(5)8/h3-4,9H,2H2,1H3,(H,10,11). The van der Waals surface area contributed by atoms with E-state index in [0.29, 0.717) is 12.2 Å². The van der Waals surface area contributed by atoms with Gasteiger partial charge in [-0.25, -0.2) is 9.97 Å². The molecular formula is C8H9N7. The monoisotopic (exact) mass is 203 g/mol. The molecule has 0 aromatic carbocycles. The van der Waals surface area contributed by atoms with Crippen LogP contribution in [-0.4, -0.2) is 36.6 Å². The molecule has 0 saturated carbocycles. The van der Waals surface area contributed by atoms with Crippen molar-refractivity contribution in [3.63, 3.8) is 0 Å². The van der Waals surface area contributed by atoms with E-state index in [1.807, 2.05) is 11.4 Å². The first-order valence-corrected chi connectivity index (χ1v) is 4.56. The van der Waals surface area contributed by atoms with Crippen LogP contribution in [0.1, 0.15) is 5.82 Å². The highest BCUT2D eigenvalue weighted by molar-refractivity contribution is 5.84. The third-order valence-electron chi connectivity index (χ3n) is 2.24. The second kappa shape index (κ2) is 2.99. The van der Waals surface area contributed by atoms with Crippen LogP contribution in [-0.2, 0) is 6.54 Å². The Kier molecular flexibility index (Phi) is 1.65. The topological polar surface area (TPSA) is 83.8 Å². The van der Waals surface area contributed by atoms with E-state index in [9.17, 15) is 0 Å². The summed E-state index contributed by atoms with van der Waals surface area (Å²) < 4.78 is 1.84. The molecule has 7 nitrogen and oxygen atoms in total. The molecule has 0 aliphatic heterocycles. The molecule has 0 bridgehead atoms. The number of hydrogen-bond donors (Lipinski definition) is 2. The fourth-order valence-electron chi connectivity index (χ4n) is 1.56. The quantitative estimate of drug-likeness (QED) is 0.598. The van der Waals surface area contributed by atoms with Gasteiger partial charge in [0.25, 0.3) is 0 Å². The summed E-state index contributed by atoms with van der Waals surface area (Å²) in [6, 6.07) is 0. The van der Waals surface area contributed by atoms with Crippen molar-refractivity contribution < 1.29 is 0 Å². The van der Waals surface area contributed by atoms with Crippen LogP contribution in [0.15, 0.2) is 12.7 Å². The molecule has 3 heterocycles. The second-order valence-corrected chi connectivity index (χ2v) is 3.19. The van der Waals surface area contributed by atoms with Crippen molar-refractivity contribution in [1.82, 2.24) is 34.9 Å². The van der Waals surface area contributed by atoms with Crippen LogP contribution < -0.4 is 5.32 Å². The fraction of sp³-hybridized carbons (Fsp3) is 0.250. The molecule has 0 unspecified atom stereocenters. The molecule has 3 aromatic rings. The first-order chi connectivity index (χ1) is 7.40. The van der Waals surface area contributed by atoms with E-state index in [-0.39, 0.29) is 0 Å². The van der Waals surface area contributed by atoms with Gasteiger partial charge in [-0.2, -0.15) is 0 Å². The van der Waals surface area contributed by atoms with Crippen LogP contribution in [0.4, 0.5) is 0 Å². The minimum atomic E-state index is 0.655. The Hall–Kier alpha value is -2.02. The zero-order valence-electron chi connectivity index (χ0n) is 8.10.